The van der Waals surface area contributed by atoms with Crippen LogP contribution in [0.15, 0.2) is 12.7 Å². The van der Waals surface area contributed by atoms with Gasteiger partial charge in [-0.2, -0.15) is 8.42 Å². The summed E-state index contributed by atoms with van der Waals surface area (Å²) in [6.45, 7) is 4.66. The average Bonchev–Trinajstić information content (AvgIpc) is 1.99. The van der Waals surface area contributed by atoms with Crippen LogP contribution in [0.5, 0.6) is 0 Å². The lowest BCUT2D eigenvalue weighted by Gasteiger charge is -2.21. The zero-order chi connectivity index (χ0) is 11.4. The van der Waals surface area contributed by atoms with Gasteiger partial charge in [0.25, 0.3) is 10.1 Å². The van der Waals surface area contributed by atoms with Gasteiger partial charge < -0.3 is 4.74 Å². The van der Waals surface area contributed by atoms with E-state index in [-0.39, 0.29) is 6.42 Å². The quantitative estimate of drug-likeness (QED) is 0.354. The van der Waals surface area contributed by atoms with Crippen LogP contribution in [-0.4, -0.2) is 29.2 Å². The Balaban J connectivity index is 4.21. The summed E-state index contributed by atoms with van der Waals surface area (Å²) in [6, 6.07) is 0. The summed E-state index contributed by atoms with van der Waals surface area (Å²) in [6.07, 6.45) is 0.915. The van der Waals surface area contributed by atoms with Crippen molar-refractivity contribution in [3.8, 4) is 0 Å². The fourth-order valence-corrected chi connectivity index (χ4v) is 1.88. The highest BCUT2D eigenvalue weighted by atomic mass is 79.9. The van der Waals surface area contributed by atoms with E-state index < -0.39 is 26.4 Å². The standard InChI is InChI=1S/C7H11BrO5S/c1-3-6(9)13-7(2,8)4-5-14(10,11)12/h3H,1,4-5H2,2H3,(H,10,11,12). The van der Waals surface area contributed by atoms with E-state index >= 15 is 0 Å². The second-order valence-electron chi connectivity index (χ2n) is 2.76. The van der Waals surface area contributed by atoms with E-state index in [1.54, 1.807) is 0 Å². The third-order valence-electron chi connectivity index (χ3n) is 1.29. The molecule has 0 aromatic heterocycles. The summed E-state index contributed by atoms with van der Waals surface area (Å²) in [4.78, 5) is 10.8. The number of hydrogen-bond donors (Lipinski definition) is 1. The maximum absolute atomic E-state index is 10.8. The third-order valence-corrected chi connectivity index (χ3v) is 2.57. The highest BCUT2D eigenvalue weighted by molar-refractivity contribution is 9.10. The molecule has 82 valence electrons. The van der Waals surface area contributed by atoms with E-state index in [1.807, 2.05) is 0 Å². The Bertz CT molecular complexity index is 319. The highest BCUT2D eigenvalue weighted by Gasteiger charge is 2.26. The maximum atomic E-state index is 10.8. The Kier molecular flexibility index (Phi) is 4.76. The number of carbonyl (C=O) groups excluding carboxylic acids is 1. The van der Waals surface area contributed by atoms with Gasteiger partial charge in [0.2, 0.25) is 0 Å². The number of esters is 1. The molecular weight excluding hydrogens is 276 g/mol. The summed E-state index contributed by atoms with van der Waals surface area (Å²) >= 11 is 3.01. The molecule has 0 saturated heterocycles. The van der Waals surface area contributed by atoms with E-state index in [0.717, 1.165) is 6.08 Å². The summed E-state index contributed by atoms with van der Waals surface area (Å²) in [7, 11) is -4.05. The van der Waals surface area contributed by atoms with E-state index in [0.29, 0.717) is 0 Å². The Morgan fingerprint density at radius 2 is 2.21 bits per heavy atom. The fourth-order valence-electron chi connectivity index (χ4n) is 0.614. The van der Waals surface area contributed by atoms with Crippen molar-refractivity contribution in [1.82, 2.24) is 0 Å². The van der Waals surface area contributed by atoms with E-state index in [9.17, 15) is 13.2 Å². The van der Waals surface area contributed by atoms with Gasteiger partial charge in [-0.25, -0.2) is 4.79 Å². The Labute approximate surface area is 91.0 Å². The molecule has 0 aromatic carbocycles. The molecule has 0 saturated carbocycles. The molecule has 0 rings (SSSR count). The molecule has 0 aliphatic carbocycles. The van der Waals surface area contributed by atoms with Crippen LogP contribution in [0.2, 0.25) is 0 Å². The molecule has 0 spiro atoms. The van der Waals surface area contributed by atoms with Crippen molar-refractivity contribution in [3.05, 3.63) is 12.7 Å². The summed E-state index contributed by atoms with van der Waals surface area (Å²) in [5.41, 5.74) is 0. The normalized spacial score (nSPS) is 15.6. The van der Waals surface area contributed by atoms with E-state index in [4.69, 9.17) is 9.29 Å². The predicted octanol–water partition coefficient (Wildman–Crippen LogP) is 1.10. The first kappa shape index (κ1) is 13.6. The minimum Gasteiger partial charge on any atom is -0.445 e. The van der Waals surface area contributed by atoms with Crippen LogP contribution < -0.4 is 0 Å². The molecule has 0 aromatic rings. The maximum Gasteiger partial charge on any atom is 0.331 e. The molecule has 0 bridgehead atoms. The summed E-state index contributed by atoms with van der Waals surface area (Å²) in [5, 5.41) is 0. The average molecular weight is 287 g/mol. The first-order chi connectivity index (χ1) is 6.16. The molecule has 7 heteroatoms. The zero-order valence-electron chi connectivity index (χ0n) is 7.57. The molecule has 1 unspecified atom stereocenters. The molecule has 14 heavy (non-hydrogen) atoms. The Morgan fingerprint density at radius 3 is 2.57 bits per heavy atom. The van der Waals surface area contributed by atoms with Crippen LogP contribution in [0.1, 0.15) is 13.3 Å². The van der Waals surface area contributed by atoms with Crippen molar-refractivity contribution in [3.63, 3.8) is 0 Å². The van der Waals surface area contributed by atoms with Crippen LogP contribution in [0.3, 0.4) is 0 Å². The van der Waals surface area contributed by atoms with Crippen molar-refractivity contribution in [1.29, 1.82) is 0 Å². The molecule has 0 fully saturated rings. The number of halogens is 1. The van der Waals surface area contributed by atoms with Crippen LogP contribution in [-0.2, 0) is 19.6 Å². The topological polar surface area (TPSA) is 80.7 Å². The lowest BCUT2D eigenvalue weighted by atomic mass is 10.3. The van der Waals surface area contributed by atoms with Gasteiger partial charge in [0.1, 0.15) is 0 Å². The molecule has 0 radical (unpaired) electrons. The number of hydrogen-bond acceptors (Lipinski definition) is 4. The second kappa shape index (κ2) is 4.90. The van der Waals surface area contributed by atoms with Crippen molar-refractivity contribution < 1.29 is 22.5 Å². The monoisotopic (exact) mass is 286 g/mol. The minimum absolute atomic E-state index is 0.0502. The SMILES string of the molecule is C=CC(=O)OC(C)(Br)CCS(=O)(=O)O. The smallest absolute Gasteiger partial charge is 0.331 e. The van der Waals surface area contributed by atoms with Gasteiger partial charge in [-0.15, -0.1) is 0 Å². The summed E-state index contributed by atoms with van der Waals surface area (Å²) in [5.74, 6) is -1.15. The van der Waals surface area contributed by atoms with Crippen molar-refractivity contribution in [2.75, 3.05) is 5.75 Å². The minimum atomic E-state index is -4.05. The second-order valence-corrected chi connectivity index (χ2v) is 6.01. The Morgan fingerprint density at radius 1 is 1.71 bits per heavy atom. The van der Waals surface area contributed by atoms with Crippen LogP contribution in [0.25, 0.3) is 0 Å². The predicted molar refractivity (Wildman–Crippen MR) is 54.7 cm³/mol. The van der Waals surface area contributed by atoms with Gasteiger partial charge in [0.15, 0.2) is 4.51 Å². The number of alkyl halides is 1. The molecular formula is C7H11BrO5S. The highest BCUT2D eigenvalue weighted by Crippen LogP contribution is 2.24. The molecule has 0 aliphatic rings. The van der Waals surface area contributed by atoms with Crippen molar-refractivity contribution >= 4 is 32.0 Å². The summed E-state index contributed by atoms with van der Waals surface area (Å²) < 4.78 is 32.9. The van der Waals surface area contributed by atoms with Crippen LogP contribution in [0, 0.1) is 0 Å². The van der Waals surface area contributed by atoms with Crippen LogP contribution >= 0.6 is 15.9 Å². The van der Waals surface area contributed by atoms with E-state index in [2.05, 4.69) is 22.5 Å². The largest absolute Gasteiger partial charge is 0.445 e. The van der Waals surface area contributed by atoms with Crippen molar-refractivity contribution in [2.24, 2.45) is 0 Å². The van der Waals surface area contributed by atoms with Gasteiger partial charge in [-0.1, -0.05) is 6.58 Å². The van der Waals surface area contributed by atoms with Gasteiger partial charge >= 0.3 is 5.97 Å². The Hall–Kier alpha value is -0.400. The first-order valence-corrected chi connectivity index (χ1v) is 6.06. The lowest BCUT2D eigenvalue weighted by Crippen LogP contribution is -2.26. The fraction of sp³-hybridized carbons (Fsp3) is 0.571. The van der Waals surface area contributed by atoms with E-state index in [1.165, 1.54) is 6.92 Å². The number of carbonyl (C=O) groups is 1. The van der Waals surface area contributed by atoms with Gasteiger partial charge in [-0.05, 0) is 22.9 Å². The number of ether oxygens (including phenoxy) is 1. The lowest BCUT2D eigenvalue weighted by molar-refractivity contribution is -0.143. The number of rotatable bonds is 5. The molecule has 1 atom stereocenters. The molecule has 1 N–H and O–H groups in total. The third kappa shape index (κ3) is 7.05. The zero-order valence-corrected chi connectivity index (χ0v) is 9.97. The van der Waals surface area contributed by atoms with Gasteiger partial charge in [0, 0.05) is 12.5 Å². The first-order valence-electron chi connectivity index (χ1n) is 3.66. The molecule has 0 heterocycles. The van der Waals surface area contributed by atoms with Crippen LogP contribution in [0.4, 0.5) is 0 Å². The van der Waals surface area contributed by atoms with Gasteiger partial charge in [0.05, 0.1) is 5.75 Å². The molecule has 0 amide bonds. The van der Waals surface area contributed by atoms with Crippen molar-refractivity contribution in [2.45, 2.75) is 17.9 Å². The molecule has 5 nitrogen and oxygen atoms in total. The van der Waals surface area contributed by atoms with Gasteiger partial charge in [-0.3, -0.25) is 4.55 Å². The molecule has 0 aliphatic heterocycles.